The van der Waals surface area contributed by atoms with Gasteiger partial charge in [-0.3, -0.25) is 10.1 Å². The minimum atomic E-state index is -0.215. The predicted molar refractivity (Wildman–Crippen MR) is 113 cm³/mol. The predicted octanol–water partition coefficient (Wildman–Crippen LogP) is 4.73. The molecule has 0 fully saturated rings. The van der Waals surface area contributed by atoms with Crippen molar-refractivity contribution in [1.82, 2.24) is 10.6 Å². The van der Waals surface area contributed by atoms with Crippen LogP contribution in [0.2, 0.25) is 0 Å². The number of allylic oxidation sites excluding steroid dienone is 1. The molecular weight excluding hydrogens is 340 g/mol. The molecule has 3 nitrogen and oxygen atoms in total. The van der Waals surface area contributed by atoms with Crippen molar-refractivity contribution >= 4 is 40.1 Å². The third-order valence-electron chi connectivity index (χ3n) is 4.59. The van der Waals surface area contributed by atoms with Crippen molar-refractivity contribution in [3.63, 3.8) is 0 Å². The van der Waals surface area contributed by atoms with Gasteiger partial charge in [0.1, 0.15) is 0 Å². The Morgan fingerprint density at radius 1 is 1.12 bits per heavy atom. The highest BCUT2D eigenvalue weighted by molar-refractivity contribution is 7.80. The number of carbonyl (C=O) groups excluding carboxylic acids is 1. The van der Waals surface area contributed by atoms with Crippen molar-refractivity contribution in [2.45, 2.75) is 32.1 Å². The first kappa shape index (κ1) is 18.3. The van der Waals surface area contributed by atoms with Gasteiger partial charge in [0.15, 0.2) is 5.11 Å². The average Bonchev–Trinajstić information content (AvgIpc) is 2.67. The van der Waals surface area contributed by atoms with Crippen LogP contribution in [0.1, 0.15) is 37.7 Å². The lowest BCUT2D eigenvalue weighted by molar-refractivity contribution is -0.115. The lowest BCUT2D eigenvalue weighted by Crippen LogP contribution is -2.38. The van der Waals surface area contributed by atoms with Crippen molar-refractivity contribution < 1.29 is 4.79 Å². The maximum atomic E-state index is 12.1. The maximum Gasteiger partial charge on any atom is 0.250 e. The van der Waals surface area contributed by atoms with Gasteiger partial charge in [-0.1, -0.05) is 54.1 Å². The average molecular weight is 365 g/mol. The van der Waals surface area contributed by atoms with Crippen LogP contribution in [-0.2, 0) is 4.79 Å². The molecule has 0 heterocycles. The van der Waals surface area contributed by atoms with Crippen LogP contribution in [0.5, 0.6) is 0 Å². The summed E-state index contributed by atoms with van der Waals surface area (Å²) in [5, 5.41) is 8.49. The van der Waals surface area contributed by atoms with E-state index in [1.54, 1.807) is 0 Å². The number of carbonyl (C=O) groups is 1. The SMILES string of the molecule is O=C(C=Cc1cccc2ccccc12)NC(=S)NCCC1=CCCCC1. The second kappa shape index (κ2) is 9.30. The van der Waals surface area contributed by atoms with E-state index in [4.69, 9.17) is 12.2 Å². The van der Waals surface area contributed by atoms with Crippen molar-refractivity contribution in [3.05, 3.63) is 65.8 Å². The summed E-state index contributed by atoms with van der Waals surface area (Å²) in [7, 11) is 0. The number of fused-ring (bicyclic) bond motifs is 1. The van der Waals surface area contributed by atoms with Crippen LogP contribution < -0.4 is 10.6 Å². The standard InChI is InChI=1S/C22H24N2OS/c25-21(24-22(26)23-16-15-17-7-2-1-3-8-17)14-13-19-11-6-10-18-9-4-5-12-20(18)19/h4-7,9-14H,1-3,8,15-16H2,(H2,23,24,25,26). The first-order valence-corrected chi connectivity index (χ1v) is 9.56. The van der Waals surface area contributed by atoms with Gasteiger partial charge in [0, 0.05) is 12.6 Å². The zero-order valence-corrected chi connectivity index (χ0v) is 15.6. The summed E-state index contributed by atoms with van der Waals surface area (Å²) in [5.41, 5.74) is 2.51. The Morgan fingerprint density at radius 2 is 1.96 bits per heavy atom. The zero-order valence-electron chi connectivity index (χ0n) is 14.8. The lowest BCUT2D eigenvalue weighted by atomic mass is 9.97. The molecule has 3 rings (SSSR count). The van der Waals surface area contributed by atoms with E-state index >= 15 is 0 Å². The molecule has 2 aromatic rings. The minimum Gasteiger partial charge on any atom is -0.362 e. The van der Waals surface area contributed by atoms with Gasteiger partial charge in [0.2, 0.25) is 5.91 Å². The summed E-state index contributed by atoms with van der Waals surface area (Å²) in [4.78, 5) is 12.1. The van der Waals surface area contributed by atoms with E-state index in [-0.39, 0.29) is 5.91 Å². The number of hydrogen-bond acceptors (Lipinski definition) is 2. The Kier molecular flexibility index (Phi) is 6.56. The first-order chi connectivity index (χ1) is 12.7. The van der Waals surface area contributed by atoms with Crippen LogP contribution in [0.15, 0.2) is 60.2 Å². The molecule has 1 amide bonds. The molecule has 0 saturated heterocycles. The highest BCUT2D eigenvalue weighted by Gasteiger charge is 2.05. The number of benzene rings is 2. The Hall–Kier alpha value is -2.46. The molecule has 26 heavy (non-hydrogen) atoms. The highest BCUT2D eigenvalue weighted by Crippen LogP contribution is 2.20. The molecule has 0 radical (unpaired) electrons. The fraction of sp³-hybridized carbons (Fsp3) is 0.273. The van der Waals surface area contributed by atoms with Crippen molar-refractivity contribution in [3.8, 4) is 0 Å². The largest absolute Gasteiger partial charge is 0.362 e. The molecule has 1 aliphatic rings. The molecule has 0 aromatic heterocycles. The topological polar surface area (TPSA) is 41.1 Å². The number of rotatable bonds is 5. The Morgan fingerprint density at radius 3 is 2.81 bits per heavy atom. The molecule has 0 spiro atoms. The second-order valence-electron chi connectivity index (χ2n) is 6.51. The number of hydrogen-bond donors (Lipinski definition) is 2. The second-order valence-corrected chi connectivity index (χ2v) is 6.91. The van der Waals surface area contributed by atoms with Gasteiger partial charge in [-0.2, -0.15) is 0 Å². The molecule has 2 aromatic carbocycles. The first-order valence-electron chi connectivity index (χ1n) is 9.15. The molecule has 0 bridgehead atoms. The Labute approximate surface area is 160 Å². The van der Waals surface area contributed by atoms with Gasteiger partial charge >= 0.3 is 0 Å². The number of amides is 1. The third-order valence-corrected chi connectivity index (χ3v) is 4.84. The fourth-order valence-electron chi connectivity index (χ4n) is 3.23. The molecule has 0 unspecified atom stereocenters. The normalized spacial score (nSPS) is 14.2. The van der Waals surface area contributed by atoms with Crippen molar-refractivity contribution in [1.29, 1.82) is 0 Å². The van der Waals surface area contributed by atoms with Crippen molar-refractivity contribution in [2.75, 3.05) is 6.54 Å². The van der Waals surface area contributed by atoms with Gasteiger partial charge in [-0.25, -0.2) is 0 Å². The van der Waals surface area contributed by atoms with Crippen LogP contribution in [-0.4, -0.2) is 17.6 Å². The smallest absolute Gasteiger partial charge is 0.250 e. The van der Waals surface area contributed by atoms with E-state index in [0.29, 0.717) is 5.11 Å². The van der Waals surface area contributed by atoms with E-state index in [9.17, 15) is 4.79 Å². The van der Waals surface area contributed by atoms with Crippen LogP contribution in [0.3, 0.4) is 0 Å². The van der Waals surface area contributed by atoms with E-state index in [1.165, 1.54) is 37.3 Å². The molecule has 0 aliphatic heterocycles. The van der Waals surface area contributed by atoms with Crippen LogP contribution >= 0.6 is 12.2 Å². The van der Waals surface area contributed by atoms with E-state index < -0.39 is 0 Å². The Bertz CT molecular complexity index is 849. The summed E-state index contributed by atoms with van der Waals surface area (Å²) in [6.45, 7) is 0.762. The summed E-state index contributed by atoms with van der Waals surface area (Å²) in [5.74, 6) is -0.215. The summed E-state index contributed by atoms with van der Waals surface area (Å²) in [6, 6.07) is 14.2. The fourth-order valence-corrected chi connectivity index (χ4v) is 3.43. The van der Waals surface area contributed by atoms with Gasteiger partial charge in [0.05, 0.1) is 0 Å². The molecular formula is C22H24N2OS. The molecule has 2 N–H and O–H groups in total. The molecule has 4 heteroatoms. The third kappa shape index (κ3) is 5.27. The van der Waals surface area contributed by atoms with Crippen LogP contribution in [0, 0.1) is 0 Å². The molecule has 0 atom stereocenters. The monoisotopic (exact) mass is 364 g/mol. The summed E-state index contributed by atoms with van der Waals surface area (Å²) >= 11 is 5.21. The van der Waals surface area contributed by atoms with Gasteiger partial charge in [0.25, 0.3) is 0 Å². The number of nitrogens with one attached hydrogen (secondary N) is 2. The van der Waals surface area contributed by atoms with Gasteiger partial charge in [-0.15, -0.1) is 0 Å². The lowest BCUT2D eigenvalue weighted by Gasteiger charge is -2.13. The quantitative estimate of drug-likeness (QED) is 0.458. The summed E-state index contributed by atoms with van der Waals surface area (Å²) < 4.78 is 0. The zero-order chi connectivity index (χ0) is 18.2. The summed E-state index contributed by atoms with van der Waals surface area (Å²) in [6.07, 6.45) is 11.6. The molecule has 134 valence electrons. The minimum absolute atomic E-state index is 0.215. The maximum absolute atomic E-state index is 12.1. The molecule has 0 saturated carbocycles. The van der Waals surface area contributed by atoms with Crippen LogP contribution in [0.25, 0.3) is 16.8 Å². The number of thiocarbonyl (C=S) groups is 1. The van der Waals surface area contributed by atoms with Crippen LogP contribution in [0.4, 0.5) is 0 Å². The van der Waals surface area contributed by atoms with Crippen molar-refractivity contribution in [2.24, 2.45) is 0 Å². The highest BCUT2D eigenvalue weighted by atomic mass is 32.1. The van der Waals surface area contributed by atoms with E-state index in [1.807, 2.05) is 30.3 Å². The Balaban J connectivity index is 1.49. The molecule has 1 aliphatic carbocycles. The van der Waals surface area contributed by atoms with E-state index in [0.717, 1.165) is 29.3 Å². The van der Waals surface area contributed by atoms with Gasteiger partial charge < -0.3 is 5.32 Å². The van der Waals surface area contributed by atoms with Gasteiger partial charge in [-0.05, 0) is 66.7 Å². The van der Waals surface area contributed by atoms with E-state index in [2.05, 4.69) is 34.9 Å².